The van der Waals surface area contributed by atoms with Crippen LogP contribution in [0.3, 0.4) is 0 Å². The van der Waals surface area contributed by atoms with Crippen LogP contribution < -0.4 is 19.3 Å². The Morgan fingerprint density at radius 1 is 0.446 bits per heavy atom. The smallest absolute Gasteiger partial charge is 0.420 e. The molecule has 4 amide bonds. The van der Waals surface area contributed by atoms with Crippen molar-refractivity contribution in [3.63, 3.8) is 0 Å². The maximum absolute atomic E-state index is 14.2. The van der Waals surface area contributed by atoms with Crippen molar-refractivity contribution in [2.75, 3.05) is 9.80 Å². The molecule has 56 heavy (non-hydrogen) atoms. The summed E-state index contributed by atoms with van der Waals surface area (Å²) in [6.45, 7) is 1.90. The number of carbonyl (C=O) groups is 4. The Bertz CT molecular complexity index is 2250. The van der Waals surface area contributed by atoms with Crippen molar-refractivity contribution in [1.29, 1.82) is 0 Å². The summed E-state index contributed by atoms with van der Waals surface area (Å²) in [5.41, 5.74) is -1.64. The second-order valence-electron chi connectivity index (χ2n) is 12.8. The molecule has 5 aromatic rings. The Hall–Kier alpha value is -6.96. The standard InChI is InChI=1S/C42H26F6N2O6/c1-40(25-5-3-2-4-6-25,26-7-13-30(14-8-26)55-34-17-11-28(23-32(34)41(43,44)45)49-36(51)19-20-37(49)52)27-9-15-31(16-10-27)56-35-18-12-29(24-33(35)42(46,47)48)50-38(53)21-22-39(50)54/h2-24H,1H3. The van der Waals surface area contributed by atoms with Crippen molar-refractivity contribution in [3.8, 4) is 23.0 Å². The van der Waals surface area contributed by atoms with Gasteiger partial charge in [0.25, 0.3) is 23.6 Å². The third-order valence-corrected chi connectivity index (χ3v) is 9.34. The van der Waals surface area contributed by atoms with Gasteiger partial charge in [0.05, 0.1) is 11.4 Å². The molecule has 0 radical (unpaired) electrons. The quantitative estimate of drug-likeness (QED) is 0.0843. The van der Waals surface area contributed by atoms with Gasteiger partial charge in [0.15, 0.2) is 0 Å². The van der Waals surface area contributed by atoms with Crippen LogP contribution in [0.4, 0.5) is 37.7 Å². The van der Waals surface area contributed by atoms with E-state index in [1.54, 1.807) is 24.3 Å². The topological polar surface area (TPSA) is 93.2 Å². The van der Waals surface area contributed by atoms with Crippen molar-refractivity contribution >= 4 is 35.0 Å². The van der Waals surface area contributed by atoms with Crippen LogP contribution in [0.15, 0.2) is 140 Å². The van der Waals surface area contributed by atoms with Gasteiger partial charge in [-0.15, -0.1) is 0 Å². The van der Waals surface area contributed by atoms with Crippen LogP contribution in [0, 0.1) is 0 Å². The zero-order valence-electron chi connectivity index (χ0n) is 28.9. The van der Waals surface area contributed by atoms with E-state index in [0.29, 0.717) is 33.1 Å². The Balaban J connectivity index is 1.17. The lowest BCUT2D eigenvalue weighted by Crippen LogP contribution is -2.29. The second kappa shape index (κ2) is 14.0. The van der Waals surface area contributed by atoms with E-state index in [4.69, 9.17) is 9.47 Å². The number of benzene rings is 5. The number of nitrogens with zero attached hydrogens (tertiary/aromatic N) is 2. The predicted molar refractivity (Wildman–Crippen MR) is 191 cm³/mol. The Labute approximate surface area is 314 Å². The van der Waals surface area contributed by atoms with E-state index in [1.165, 1.54) is 36.4 Å². The molecule has 0 aliphatic carbocycles. The Kier molecular flexibility index (Phi) is 9.36. The molecule has 0 saturated heterocycles. The van der Waals surface area contributed by atoms with Crippen LogP contribution in [-0.4, -0.2) is 23.6 Å². The lowest BCUT2D eigenvalue weighted by atomic mass is 9.71. The molecule has 5 aromatic carbocycles. The first kappa shape index (κ1) is 37.4. The number of imide groups is 2. The van der Waals surface area contributed by atoms with Gasteiger partial charge in [-0.1, -0.05) is 54.6 Å². The van der Waals surface area contributed by atoms with E-state index in [1.807, 2.05) is 37.3 Å². The van der Waals surface area contributed by atoms with E-state index < -0.39 is 64.0 Å². The van der Waals surface area contributed by atoms with Gasteiger partial charge >= 0.3 is 12.4 Å². The van der Waals surface area contributed by atoms with Crippen molar-refractivity contribution in [3.05, 3.63) is 167 Å². The molecule has 0 aromatic heterocycles. The zero-order chi connectivity index (χ0) is 40.0. The molecule has 2 heterocycles. The number of anilines is 2. The maximum Gasteiger partial charge on any atom is 0.420 e. The van der Waals surface area contributed by atoms with E-state index in [9.17, 15) is 45.5 Å². The summed E-state index contributed by atoms with van der Waals surface area (Å²) >= 11 is 0. The molecular weight excluding hydrogens is 742 g/mol. The fourth-order valence-corrected chi connectivity index (χ4v) is 6.48. The highest BCUT2D eigenvalue weighted by molar-refractivity contribution is 6.28. The Morgan fingerprint density at radius 3 is 1.12 bits per heavy atom. The molecule has 0 fully saturated rings. The lowest BCUT2D eigenvalue weighted by molar-refractivity contribution is -0.139. The fourth-order valence-electron chi connectivity index (χ4n) is 6.48. The second-order valence-corrected chi connectivity index (χ2v) is 12.8. The first-order valence-corrected chi connectivity index (χ1v) is 16.7. The number of alkyl halides is 6. The molecule has 2 aliphatic heterocycles. The normalized spacial score (nSPS) is 14.6. The number of hydrogen-bond donors (Lipinski definition) is 0. The van der Waals surface area contributed by atoms with Gasteiger partial charge < -0.3 is 9.47 Å². The van der Waals surface area contributed by atoms with Gasteiger partial charge in [0, 0.05) is 29.7 Å². The van der Waals surface area contributed by atoms with E-state index in [0.717, 1.165) is 42.0 Å². The summed E-state index contributed by atoms with van der Waals surface area (Å²) in [7, 11) is 0. The molecule has 0 saturated carbocycles. The first-order chi connectivity index (χ1) is 26.5. The van der Waals surface area contributed by atoms with Crippen LogP contribution in [0.1, 0.15) is 34.7 Å². The van der Waals surface area contributed by atoms with Crippen LogP contribution in [0.2, 0.25) is 0 Å². The molecule has 0 N–H and O–H groups in total. The minimum Gasteiger partial charge on any atom is -0.457 e. The van der Waals surface area contributed by atoms with Crippen molar-refractivity contribution in [2.45, 2.75) is 24.7 Å². The van der Waals surface area contributed by atoms with Crippen molar-refractivity contribution in [1.82, 2.24) is 0 Å². The average molecular weight is 769 g/mol. The number of rotatable bonds is 9. The highest BCUT2D eigenvalue weighted by Crippen LogP contribution is 2.44. The zero-order valence-corrected chi connectivity index (χ0v) is 28.9. The molecule has 0 atom stereocenters. The third-order valence-electron chi connectivity index (χ3n) is 9.34. The average Bonchev–Trinajstić information content (AvgIpc) is 3.69. The molecule has 0 spiro atoms. The number of carbonyl (C=O) groups excluding carboxylic acids is 4. The van der Waals surface area contributed by atoms with E-state index in [2.05, 4.69) is 0 Å². The lowest BCUT2D eigenvalue weighted by Gasteiger charge is -2.32. The minimum absolute atomic E-state index is 0.0577. The van der Waals surface area contributed by atoms with E-state index >= 15 is 0 Å². The molecule has 8 nitrogen and oxygen atoms in total. The minimum atomic E-state index is -4.89. The molecule has 2 aliphatic rings. The van der Waals surface area contributed by atoms with Crippen LogP contribution in [0.5, 0.6) is 23.0 Å². The SMILES string of the molecule is CC(c1ccccc1)(c1ccc(Oc2ccc(N3C(=O)C=CC3=O)cc2C(F)(F)F)cc1)c1ccc(Oc2ccc(N3C(=O)C=CC3=O)cc2C(F)(F)F)cc1. The number of hydrogen-bond acceptors (Lipinski definition) is 6. The first-order valence-electron chi connectivity index (χ1n) is 16.7. The highest BCUT2D eigenvalue weighted by Gasteiger charge is 2.39. The summed E-state index contributed by atoms with van der Waals surface area (Å²) in [4.78, 5) is 49.6. The van der Waals surface area contributed by atoms with E-state index in [-0.39, 0.29) is 22.9 Å². The largest absolute Gasteiger partial charge is 0.457 e. The third kappa shape index (κ3) is 7.04. The summed E-state index contributed by atoms with van der Waals surface area (Å²) in [5.74, 6) is -4.08. The van der Waals surface area contributed by atoms with Crippen molar-refractivity contribution < 1.29 is 55.0 Å². The Morgan fingerprint density at radius 2 is 0.786 bits per heavy atom. The van der Waals surface area contributed by atoms with Gasteiger partial charge in [-0.25, -0.2) is 9.80 Å². The van der Waals surface area contributed by atoms with Crippen LogP contribution >= 0.6 is 0 Å². The van der Waals surface area contributed by atoms with Crippen LogP contribution in [-0.2, 0) is 36.9 Å². The number of amides is 4. The fraction of sp³-hybridized carbons (Fsp3) is 0.0952. The molecule has 7 rings (SSSR count). The molecule has 0 unspecified atom stereocenters. The van der Waals surface area contributed by atoms with Crippen LogP contribution in [0.25, 0.3) is 0 Å². The molecule has 14 heteroatoms. The van der Waals surface area contributed by atoms with Gasteiger partial charge in [0.1, 0.15) is 34.1 Å². The number of ether oxygens (including phenoxy) is 2. The maximum atomic E-state index is 14.2. The van der Waals surface area contributed by atoms with Gasteiger partial charge in [-0.3, -0.25) is 19.2 Å². The monoisotopic (exact) mass is 768 g/mol. The summed E-state index contributed by atoms with van der Waals surface area (Å²) < 4.78 is 96.3. The summed E-state index contributed by atoms with van der Waals surface area (Å²) in [6, 6.07) is 27.6. The highest BCUT2D eigenvalue weighted by atomic mass is 19.4. The number of halogens is 6. The van der Waals surface area contributed by atoms with Gasteiger partial charge in [-0.05, 0) is 84.3 Å². The molecule has 0 bridgehead atoms. The summed E-state index contributed by atoms with van der Waals surface area (Å²) in [5, 5.41) is 0. The van der Waals surface area contributed by atoms with Gasteiger partial charge in [0.2, 0.25) is 0 Å². The van der Waals surface area contributed by atoms with Gasteiger partial charge in [-0.2, -0.15) is 26.3 Å². The predicted octanol–water partition coefficient (Wildman–Crippen LogP) is 9.52. The molecular formula is C42H26F6N2O6. The molecule has 282 valence electrons. The summed E-state index contributed by atoms with van der Waals surface area (Å²) in [6.07, 6.45) is -5.93. The van der Waals surface area contributed by atoms with Crippen molar-refractivity contribution in [2.24, 2.45) is 0 Å².